The Hall–Kier alpha value is -1.45. The number of hydrogen-bond acceptors (Lipinski definition) is 3. The lowest BCUT2D eigenvalue weighted by Crippen LogP contribution is -2.49. The van der Waals surface area contributed by atoms with Crippen molar-refractivity contribution >= 4 is 17.3 Å². The minimum atomic E-state index is -4.17. The van der Waals surface area contributed by atoms with E-state index in [9.17, 15) is 13.2 Å². The number of alkyl halides is 3. The van der Waals surface area contributed by atoms with E-state index in [4.69, 9.17) is 16.9 Å². The van der Waals surface area contributed by atoms with E-state index in [1.807, 2.05) is 11.0 Å². The molecule has 3 nitrogen and oxygen atoms in total. The first-order valence-electron chi connectivity index (χ1n) is 6.13. The first-order chi connectivity index (χ1) is 9.40. The van der Waals surface area contributed by atoms with Crippen LogP contribution in [0.5, 0.6) is 0 Å². The summed E-state index contributed by atoms with van der Waals surface area (Å²) in [6.45, 7) is 0.644. The summed E-state index contributed by atoms with van der Waals surface area (Å²) in [6.07, 6.45) is -4.17. The summed E-state index contributed by atoms with van der Waals surface area (Å²) >= 11 is 5.96. The van der Waals surface area contributed by atoms with E-state index < -0.39 is 12.7 Å². The average Bonchev–Trinajstić information content (AvgIpc) is 2.37. The number of nitrogens with zero attached hydrogens (tertiary/aromatic N) is 3. The fourth-order valence-corrected chi connectivity index (χ4v) is 2.50. The summed E-state index contributed by atoms with van der Waals surface area (Å²) in [7, 11) is 0. The van der Waals surface area contributed by atoms with Crippen molar-refractivity contribution in [2.45, 2.75) is 6.18 Å². The highest BCUT2D eigenvalue weighted by atomic mass is 35.5. The Labute approximate surface area is 120 Å². The minimum Gasteiger partial charge on any atom is -0.368 e. The van der Waals surface area contributed by atoms with Crippen molar-refractivity contribution in [2.24, 2.45) is 0 Å². The average molecular weight is 304 g/mol. The predicted octanol–water partition coefficient (Wildman–Crippen LogP) is 2.90. The molecule has 1 heterocycles. The minimum absolute atomic E-state index is 0.316. The van der Waals surface area contributed by atoms with Crippen molar-refractivity contribution in [1.29, 1.82) is 5.26 Å². The zero-order valence-corrected chi connectivity index (χ0v) is 11.4. The highest BCUT2D eigenvalue weighted by Gasteiger charge is 2.32. The second-order valence-corrected chi connectivity index (χ2v) is 5.03. The summed E-state index contributed by atoms with van der Waals surface area (Å²) in [4.78, 5) is 3.27. The molecule has 1 aliphatic rings. The molecule has 0 spiro atoms. The number of nitriles is 1. The molecule has 0 amide bonds. The molecule has 20 heavy (non-hydrogen) atoms. The zero-order valence-electron chi connectivity index (χ0n) is 10.6. The second-order valence-electron chi connectivity index (χ2n) is 4.62. The van der Waals surface area contributed by atoms with E-state index in [1.54, 1.807) is 18.2 Å². The maximum absolute atomic E-state index is 12.3. The molecule has 1 aliphatic heterocycles. The molecule has 1 aromatic carbocycles. The predicted molar refractivity (Wildman–Crippen MR) is 70.9 cm³/mol. The van der Waals surface area contributed by atoms with Crippen LogP contribution in [0.15, 0.2) is 18.2 Å². The first-order valence-corrected chi connectivity index (χ1v) is 6.51. The lowest BCUT2D eigenvalue weighted by molar-refractivity contribution is -0.146. The molecule has 7 heteroatoms. The van der Waals surface area contributed by atoms with Crippen LogP contribution in [0.2, 0.25) is 5.02 Å². The van der Waals surface area contributed by atoms with Gasteiger partial charge in [0.2, 0.25) is 0 Å². The van der Waals surface area contributed by atoms with Crippen molar-refractivity contribution in [3.8, 4) is 6.07 Å². The van der Waals surface area contributed by atoms with Gasteiger partial charge < -0.3 is 4.90 Å². The van der Waals surface area contributed by atoms with Crippen LogP contribution in [0.3, 0.4) is 0 Å². The van der Waals surface area contributed by atoms with Crippen molar-refractivity contribution in [3.63, 3.8) is 0 Å². The van der Waals surface area contributed by atoms with Gasteiger partial charge >= 0.3 is 6.18 Å². The lowest BCUT2D eigenvalue weighted by Gasteiger charge is -2.36. The van der Waals surface area contributed by atoms with Gasteiger partial charge in [0.25, 0.3) is 0 Å². The van der Waals surface area contributed by atoms with Crippen LogP contribution < -0.4 is 4.90 Å². The van der Waals surface area contributed by atoms with E-state index in [2.05, 4.69) is 0 Å². The number of anilines is 1. The Balaban J connectivity index is 2.05. The van der Waals surface area contributed by atoms with Crippen molar-refractivity contribution in [3.05, 3.63) is 28.8 Å². The van der Waals surface area contributed by atoms with E-state index >= 15 is 0 Å². The molecule has 1 saturated heterocycles. The molecular weight excluding hydrogens is 291 g/mol. The molecule has 0 aliphatic carbocycles. The van der Waals surface area contributed by atoms with Crippen LogP contribution in [0, 0.1) is 11.3 Å². The lowest BCUT2D eigenvalue weighted by atomic mass is 10.1. The van der Waals surface area contributed by atoms with Gasteiger partial charge in [-0.1, -0.05) is 17.7 Å². The Morgan fingerprint density at radius 3 is 2.40 bits per heavy atom. The molecule has 0 saturated carbocycles. The topological polar surface area (TPSA) is 30.3 Å². The van der Waals surface area contributed by atoms with Gasteiger partial charge in [-0.15, -0.1) is 0 Å². The Morgan fingerprint density at radius 1 is 1.20 bits per heavy atom. The first kappa shape index (κ1) is 14.9. The van der Waals surface area contributed by atoms with Gasteiger partial charge in [-0.2, -0.15) is 18.4 Å². The third-order valence-electron chi connectivity index (χ3n) is 3.22. The molecule has 0 unspecified atom stereocenters. The summed E-state index contributed by atoms with van der Waals surface area (Å²) in [5, 5.41) is 9.48. The van der Waals surface area contributed by atoms with Crippen LogP contribution in [0.4, 0.5) is 18.9 Å². The Bertz CT molecular complexity index is 517. The second kappa shape index (κ2) is 5.90. The highest BCUT2D eigenvalue weighted by molar-refractivity contribution is 6.32. The normalized spacial score (nSPS) is 17.1. The number of rotatable bonds is 2. The SMILES string of the molecule is N#Cc1c(Cl)cccc1N1CCN(CC(F)(F)F)CC1. The van der Waals surface area contributed by atoms with Crippen molar-refractivity contribution in [2.75, 3.05) is 37.6 Å². The van der Waals surface area contributed by atoms with Crippen LogP contribution in [0.1, 0.15) is 5.56 Å². The molecular formula is C13H13ClF3N3. The molecule has 0 radical (unpaired) electrons. The van der Waals surface area contributed by atoms with Gasteiger partial charge in [0.15, 0.2) is 0 Å². The largest absolute Gasteiger partial charge is 0.401 e. The maximum Gasteiger partial charge on any atom is 0.401 e. The molecule has 0 N–H and O–H groups in total. The van der Waals surface area contributed by atoms with Crippen LogP contribution in [-0.4, -0.2) is 43.8 Å². The Morgan fingerprint density at radius 2 is 1.85 bits per heavy atom. The third-order valence-corrected chi connectivity index (χ3v) is 3.53. The molecule has 0 atom stereocenters. The van der Waals surface area contributed by atoms with Crippen LogP contribution in [-0.2, 0) is 0 Å². The number of piperazine rings is 1. The molecule has 0 bridgehead atoms. The van der Waals surface area contributed by atoms with Gasteiger partial charge in [-0.05, 0) is 12.1 Å². The van der Waals surface area contributed by atoms with E-state index in [1.165, 1.54) is 4.90 Å². The van der Waals surface area contributed by atoms with Crippen molar-refractivity contribution < 1.29 is 13.2 Å². The smallest absolute Gasteiger partial charge is 0.368 e. The van der Waals surface area contributed by atoms with E-state index in [-0.39, 0.29) is 0 Å². The zero-order chi connectivity index (χ0) is 14.8. The third kappa shape index (κ3) is 3.56. The quantitative estimate of drug-likeness (QED) is 0.841. The van der Waals surface area contributed by atoms with Gasteiger partial charge in [-0.3, -0.25) is 4.90 Å². The Kier molecular flexibility index (Phi) is 4.41. The van der Waals surface area contributed by atoms with Crippen molar-refractivity contribution in [1.82, 2.24) is 4.90 Å². The van der Waals surface area contributed by atoms with Crippen LogP contribution >= 0.6 is 11.6 Å². The summed E-state index contributed by atoms with van der Waals surface area (Å²) in [6, 6.07) is 7.18. The van der Waals surface area contributed by atoms with E-state index in [0.717, 1.165) is 0 Å². The fraction of sp³-hybridized carbons (Fsp3) is 0.462. The van der Waals surface area contributed by atoms with Gasteiger partial charge in [0.1, 0.15) is 6.07 Å². The fourth-order valence-electron chi connectivity index (χ4n) is 2.29. The molecule has 1 aromatic rings. The maximum atomic E-state index is 12.3. The number of benzene rings is 1. The summed E-state index contributed by atoms with van der Waals surface area (Å²) in [5.74, 6) is 0. The molecule has 2 rings (SSSR count). The molecule has 1 fully saturated rings. The van der Waals surface area contributed by atoms with Crippen LogP contribution in [0.25, 0.3) is 0 Å². The summed E-state index contributed by atoms with van der Waals surface area (Å²) in [5.41, 5.74) is 1.06. The highest BCUT2D eigenvalue weighted by Crippen LogP contribution is 2.28. The van der Waals surface area contributed by atoms with Gasteiger partial charge in [0.05, 0.1) is 22.8 Å². The standard InChI is InChI=1S/C13H13ClF3N3/c14-11-2-1-3-12(10(11)8-18)20-6-4-19(5-7-20)9-13(15,16)17/h1-3H,4-7,9H2. The van der Waals surface area contributed by atoms with Gasteiger partial charge in [0, 0.05) is 26.2 Å². The van der Waals surface area contributed by atoms with E-state index in [0.29, 0.717) is 42.5 Å². The summed E-state index contributed by atoms with van der Waals surface area (Å²) < 4.78 is 36.9. The number of hydrogen-bond donors (Lipinski definition) is 0. The monoisotopic (exact) mass is 303 g/mol. The molecule has 0 aromatic heterocycles. The molecule has 108 valence electrons. The van der Waals surface area contributed by atoms with Gasteiger partial charge in [-0.25, -0.2) is 0 Å². The number of halogens is 4.